The summed E-state index contributed by atoms with van der Waals surface area (Å²) in [5.41, 5.74) is 0.265. The van der Waals surface area contributed by atoms with Crippen LogP contribution in [0.4, 0.5) is 10.1 Å². The first-order chi connectivity index (χ1) is 17.8. The van der Waals surface area contributed by atoms with Crippen molar-refractivity contribution in [3.8, 4) is 17.6 Å². The third kappa shape index (κ3) is 4.34. The third-order valence-corrected chi connectivity index (χ3v) is 9.66. The highest BCUT2D eigenvalue weighted by atomic mass is 32.2. The molecule has 0 amide bonds. The number of fused-ring (bicyclic) bond motifs is 1. The molecule has 9 nitrogen and oxygen atoms in total. The van der Waals surface area contributed by atoms with Crippen LogP contribution in [0, 0.1) is 22.6 Å². The highest BCUT2D eigenvalue weighted by Gasteiger charge is 2.45. The molecule has 2 N–H and O–H groups in total. The predicted octanol–water partition coefficient (Wildman–Crippen LogP) is 3.81. The molecule has 2 aromatic carbocycles. The van der Waals surface area contributed by atoms with Gasteiger partial charge < -0.3 is 10.1 Å². The molecular formula is C26H26FN5O4S. The SMILES string of the molecule is N#Cc1c(NS(=O)(=O)C2CC2)ccc(F)c1Oc1ccc2ncn(C3CC4(CCNCC4)C3)c(=O)c2c1. The van der Waals surface area contributed by atoms with Crippen LogP contribution in [0.1, 0.15) is 50.1 Å². The number of hydrogen-bond donors (Lipinski definition) is 2. The molecule has 0 bridgehead atoms. The monoisotopic (exact) mass is 523 g/mol. The lowest BCUT2D eigenvalue weighted by Gasteiger charge is -2.50. The lowest BCUT2D eigenvalue weighted by atomic mass is 9.60. The van der Waals surface area contributed by atoms with E-state index in [1.54, 1.807) is 17.0 Å². The third-order valence-electron chi connectivity index (χ3n) is 7.81. The molecule has 6 rings (SSSR count). The summed E-state index contributed by atoms with van der Waals surface area (Å²) in [7, 11) is -3.67. The summed E-state index contributed by atoms with van der Waals surface area (Å²) >= 11 is 0. The standard InChI is InChI=1S/C26H26FN5O4S/c27-21-4-6-23(31-37(34,35)18-2-3-18)20(14-28)24(21)36-17-1-5-22-19(11-17)25(33)32(15-30-22)16-12-26(13-16)7-9-29-10-8-26/h1,4-6,11,15-16,18,29,31H,2-3,7-10,12-13H2. The first-order valence-electron chi connectivity index (χ1n) is 12.4. The van der Waals surface area contributed by atoms with Gasteiger partial charge in [-0.05, 0) is 87.4 Å². The second kappa shape index (κ2) is 8.82. The Hall–Kier alpha value is -3.49. The van der Waals surface area contributed by atoms with Crippen LogP contribution in [0.25, 0.3) is 10.9 Å². The van der Waals surface area contributed by atoms with Gasteiger partial charge in [0.25, 0.3) is 5.56 Å². The van der Waals surface area contributed by atoms with Crippen molar-refractivity contribution in [1.29, 1.82) is 5.26 Å². The van der Waals surface area contributed by atoms with Crippen LogP contribution >= 0.6 is 0 Å². The van der Waals surface area contributed by atoms with E-state index in [4.69, 9.17) is 4.74 Å². The molecule has 0 radical (unpaired) electrons. The maximum atomic E-state index is 14.8. The molecule has 37 heavy (non-hydrogen) atoms. The molecule has 192 valence electrons. The van der Waals surface area contributed by atoms with Crippen LogP contribution < -0.4 is 20.3 Å². The van der Waals surface area contributed by atoms with E-state index < -0.39 is 26.8 Å². The van der Waals surface area contributed by atoms with Crippen molar-refractivity contribution in [3.63, 3.8) is 0 Å². The number of sulfonamides is 1. The van der Waals surface area contributed by atoms with E-state index in [9.17, 15) is 22.9 Å². The summed E-state index contributed by atoms with van der Waals surface area (Å²) in [6, 6.07) is 8.82. The summed E-state index contributed by atoms with van der Waals surface area (Å²) < 4.78 is 49.3. The second-order valence-electron chi connectivity index (χ2n) is 10.3. The number of ether oxygens (including phenoxy) is 1. The van der Waals surface area contributed by atoms with Crippen LogP contribution in [0.3, 0.4) is 0 Å². The first kappa shape index (κ1) is 23.9. The van der Waals surface area contributed by atoms with Gasteiger partial charge in [-0.2, -0.15) is 5.26 Å². The largest absolute Gasteiger partial charge is 0.453 e. The van der Waals surface area contributed by atoms with E-state index in [0.717, 1.165) is 44.8 Å². The van der Waals surface area contributed by atoms with Crippen molar-refractivity contribution in [3.05, 3.63) is 58.4 Å². The van der Waals surface area contributed by atoms with E-state index >= 15 is 0 Å². The fourth-order valence-electron chi connectivity index (χ4n) is 5.53. The van der Waals surface area contributed by atoms with E-state index in [1.807, 2.05) is 6.07 Å². The fourth-order valence-corrected chi connectivity index (χ4v) is 6.93. The first-order valence-corrected chi connectivity index (χ1v) is 14.0. The number of rotatable bonds is 6. The smallest absolute Gasteiger partial charge is 0.261 e. The van der Waals surface area contributed by atoms with Gasteiger partial charge in [-0.3, -0.25) is 14.1 Å². The van der Waals surface area contributed by atoms with Gasteiger partial charge in [0.05, 0.1) is 28.2 Å². The van der Waals surface area contributed by atoms with Crippen molar-refractivity contribution in [2.24, 2.45) is 5.41 Å². The topological polar surface area (TPSA) is 126 Å². The Morgan fingerprint density at radius 1 is 1.19 bits per heavy atom. The zero-order chi connectivity index (χ0) is 25.8. The van der Waals surface area contributed by atoms with Gasteiger partial charge in [0.15, 0.2) is 11.6 Å². The van der Waals surface area contributed by atoms with E-state index in [2.05, 4.69) is 15.0 Å². The maximum absolute atomic E-state index is 14.8. The number of nitrogens with one attached hydrogen (secondary N) is 2. The molecule has 1 aromatic heterocycles. The number of aromatic nitrogens is 2. The zero-order valence-corrected chi connectivity index (χ0v) is 20.9. The predicted molar refractivity (Wildman–Crippen MR) is 136 cm³/mol. The van der Waals surface area contributed by atoms with Crippen molar-refractivity contribution in [2.45, 2.75) is 49.8 Å². The van der Waals surface area contributed by atoms with Crippen molar-refractivity contribution < 1.29 is 17.5 Å². The van der Waals surface area contributed by atoms with E-state index in [-0.39, 0.29) is 28.6 Å². The molecule has 1 saturated heterocycles. The average Bonchev–Trinajstić information content (AvgIpc) is 3.72. The van der Waals surface area contributed by atoms with Gasteiger partial charge in [-0.15, -0.1) is 0 Å². The molecule has 11 heteroatoms. The lowest BCUT2D eigenvalue weighted by molar-refractivity contribution is 0.0270. The summed E-state index contributed by atoms with van der Waals surface area (Å²) in [6.45, 7) is 2.01. The molecule has 3 aromatic rings. The van der Waals surface area contributed by atoms with E-state index in [0.29, 0.717) is 29.2 Å². The normalized spacial score (nSPS) is 19.4. The highest BCUT2D eigenvalue weighted by Crippen LogP contribution is 2.53. The Morgan fingerprint density at radius 3 is 2.65 bits per heavy atom. The Kier molecular flexibility index (Phi) is 5.69. The van der Waals surface area contributed by atoms with Gasteiger partial charge in [0.2, 0.25) is 10.0 Å². The van der Waals surface area contributed by atoms with Crippen LogP contribution in [0.5, 0.6) is 11.5 Å². The minimum atomic E-state index is -3.67. The van der Waals surface area contributed by atoms with Gasteiger partial charge >= 0.3 is 0 Å². The average molecular weight is 524 g/mol. The van der Waals surface area contributed by atoms with Gasteiger partial charge in [-0.25, -0.2) is 17.8 Å². The number of anilines is 1. The molecule has 0 unspecified atom stereocenters. The molecular weight excluding hydrogens is 497 g/mol. The summed E-state index contributed by atoms with van der Waals surface area (Å²) in [6.07, 6.45) is 6.79. The van der Waals surface area contributed by atoms with Gasteiger partial charge in [0, 0.05) is 6.04 Å². The molecule has 2 aliphatic carbocycles. The number of halogens is 1. The summed E-state index contributed by atoms with van der Waals surface area (Å²) in [5, 5.41) is 12.9. The lowest BCUT2D eigenvalue weighted by Crippen LogP contribution is -2.47. The highest BCUT2D eigenvalue weighted by molar-refractivity contribution is 7.93. The van der Waals surface area contributed by atoms with Crippen LogP contribution in [-0.4, -0.2) is 36.3 Å². The fraction of sp³-hybridized carbons (Fsp3) is 0.423. The number of nitrogens with zero attached hydrogens (tertiary/aromatic N) is 3. The number of nitriles is 1. The van der Waals surface area contributed by atoms with Crippen LogP contribution in [0.2, 0.25) is 0 Å². The summed E-state index contributed by atoms with van der Waals surface area (Å²) in [4.78, 5) is 17.8. The summed E-state index contributed by atoms with van der Waals surface area (Å²) in [5.74, 6) is -1.09. The Labute approximate surface area is 213 Å². The second-order valence-corrected chi connectivity index (χ2v) is 12.3. The molecule has 2 saturated carbocycles. The van der Waals surface area contributed by atoms with Gasteiger partial charge in [0.1, 0.15) is 17.4 Å². The molecule has 0 atom stereocenters. The quantitative estimate of drug-likeness (QED) is 0.503. The van der Waals surface area contributed by atoms with Crippen molar-refractivity contribution in [2.75, 3.05) is 17.8 Å². The zero-order valence-electron chi connectivity index (χ0n) is 20.0. The van der Waals surface area contributed by atoms with Crippen LogP contribution in [-0.2, 0) is 10.0 Å². The Morgan fingerprint density at radius 2 is 1.95 bits per heavy atom. The minimum absolute atomic E-state index is 0.0487. The molecule has 3 aliphatic rings. The molecule has 3 fully saturated rings. The van der Waals surface area contributed by atoms with Crippen molar-refractivity contribution in [1.82, 2.24) is 14.9 Å². The Bertz CT molecular complexity index is 1600. The minimum Gasteiger partial charge on any atom is -0.453 e. The van der Waals surface area contributed by atoms with Gasteiger partial charge in [-0.1, -0.05) is 0 Å². The number of hydrogen-bond acceptors (Lipinski definition) is 7. The molecule has 1 aliphatic heterocycles. The number of piperidine rings is 1. The van der Waals surface area contributed by atoms with Crippen LogP contribution in [0.15, 0.2) is 41.5 Å². The number of benzene rings is 2. The molecule has 2 heterocycles. The van der Waals surface area contributed by atoms with Crippen molar-refractivity contribution >= 4 is 26.6 Å². The van der Waals surface area contributed by atoms with E-state index in [1.165, 1.54) is 18.2 Å². The maximum Gasteiger partial charge on any atom is 0.261 e. The molecule has 1 spiro atoms. The Balaban J connectivity index is 1.30.